The average Bonchev–Trinajstić information content (AvgIpc) is 2.60. The van der Waals surface area contributed by atoms with Crippen LogP contribution < -0.4 is 10.6 Å². The van der Waals surface area contributed by atoms with Crippen LogP contribution in [0, 0.1) is 5.92 Å². The van der Waals surface area contributed by atoms with Crippen LogP contribution in [0.1, 0.15) is 58.3 Å². The summed E-state index contributed by atoms with van der Waals surface area (Å²) in [7, 11) is 0. The van der Waals surface area contributed by atoms with Crippen LogP contribution in [0.3, 0.4) is 0 Å². The number of rotatable bonds is 6. The molecule has 3 N–H and O–H groups in total. The number of carbonyl (C=O) groups is 2. The molecule has 0 radical (unpaired) electrons. The van der Waals surface area contributed by atoms with E-state index in [1.54, 1.807) is 0 Å². The molecule has 19 heavy (non-hydrogen) atoms. The molecule has 0 saturated heterocycles. The lowest BCUT2D eigenvalue weighted by Crippen LogP contribution is -2.47. The monoisotopic (exact) mass is 270 g/mol. The van der Waals surface area contributed by atoms with Gasteiger partial charge in [0.25, 0.3) is 0 Å². The topological polar surface area (TPSA) is 78.4 Å². The highest BCUT2D eigenvalue weighted by Crippen LogP contribution is 2.23. The minimum absolute atomic E-state index is 0.228. The fourth-order valence-electron chi connectivity index (χ4n) is 2.57. The van der Waals surface area contributed by atoms with E-state index in [4.69, 9.17) is 0 Å². The lowest BCUT2D eigenvalue weighted by Gasteiger charge is -2.23. The van der Waals surface area contributed by atoms with Crippen molar-refractivity contribution in [2.45, 2.75) is 64.3 Å². The Kier molecular flexibility index (Phi) is 7.30. The Morgan fingerprint density at radius 2 is 1.89 bits per heavy atom. The molecular formula is C14H26N2O3. The number of nitrogens with one attached hydrogen (secondary N) is 2. The molecule has 110 valence electrons. The molecule has 0 bridgehead atoms. The minimum Gasteiger partial charge on any atom is -0.481 e. The number of carboxylic acid groups (broad SMARTS) is 1. The predicted molar refractivity (Wildman–Crippen MR) is 74.1 cm³/mol. The average molecular weight is 270 g/mol. The Hall–Kier alpha value is -1.26. The van der Waals surface area contributed by atoms with Gasteiger partial charge in [-0.05, 0) is 19.3 Å². The SMILES string of the molecule is CCCCCNC(=O)NC1CCCCCC1C(=O)O. The van der Waals surface area contributed by atoms with Crippen molar-refractivity contribution in [2.24, 2.45) is 5.92 Å². The van der Waals surface area contributed by atoms with Gasteiger partial charge in [-0.2, -0.15) is 0 Å². The Labute approximate surface area is 115 Å². The Balaban J connectivity index is 2.38. The summed E-state index contributed by atoms with van der Waals surface area (Å²) < 4.78 is 0. The summed E-state index contributed by atoms with van der Waals surface area (Å²) in [4.78, 5) is 23.0. The second-order valence-electron chi connectivity index (χ2n) is 5.30. The summed E-state index contributed by atoms with van der Waals surface area (Å²) in [6.07, 6.45) is 7.60. The number of carboxylic acids is 1. The largest absolute Gasteiger partial charge is 0.481 e. The Morgan fingerprint density at radius 3 is 2.58 bits per heavy atom. The molecule has 5 nitrogen and oxygen atoms in total. The van der Waals surface area contributed by atoms with Crippen molar-refractivity contribution in [2.75, 3.05) is 6.54 Å². The minimum atomic E-state index is -0.793. The van der Waals surface area contributed by atoms with Gasteiger partial charge in [0.05, 0.1) is 5.92 Å². The standard InChI is InChI=1S/C14H26N2O3/c1-2-3-7-10-15-14(19)16-12-9-6-4-5-8-11(12)13(17)18/h11-12H,2-10H2,1H3,(H,17,18)(H2,15,16,19). The van der Waals surface area contributed by atoms with Crippen LogP contribution in [-0.4, -0.2) is 29.7 Å². The molecule has 0 spiro atoms. The third kappa shape index (κ3) is 5.94. The molecule has 1 rings (SSSR count). The maximum atomic E-state index is 11.7. The van der Waals surface area contributed by atoms with Gasteiger partial charge >= 0.3 is 12.0 Å². The lowest BCUT2D eigenvalue weighted by atomic mass is 9.95. The number of hydrogen-bond acceptors (Lipinski definition) is 2. The highest BCUT2D eigenvalue weighted by molar-refractivity contribution is 5.76. The number of amides is 2. The molecule has 1 aliphatic carbocycles. The molecule has 2 atom stereocenters. The number of carbonyl (C=O) groups excluding carboxylic acids is 1. The van der Waals surface area contributed by atoms with E-state index in [-0.39, 0.29) is 12.1 Å². The maximum absolute atomic E-state index is 11.7. The van der Waals surface area contributed by atoms with E-state index < -0.39 is 11.9 Å². The molecule has 5 heteroatoms. The van der Waals surface area contributed by atoms with Gasteiger partial charge in [0, 0.05) is 12.6 Å². The van der Waals surface area contributed by atoms with Crippen molar-refractivity contribution in [3.05, 3.63) is 0 Å². The van der Waals surface area contributed by atoms with Gasteiger partial charge in [-0.3, -0.25) is 4.79 Å². The van der Waals surface area contributed by atoms with E-state index in [1.165, 1.54) is 0 Å². The molecule has 0 aromatic heterocycles. The van der Waals surface area contributed by atoms with Crippen molar-refractivity contribution >= 4 is 12.0 Å². The van der Waals surface area contributed by atoms with Gasteiger partial charge in [-0.25, -0.2) is 4.79 Å². The maximum Gasteiger partial charge on any atom is 0.315 e. The summed E-state index contributed by atoms with van der Waals surface area (Å²) in [5, 5.41) is 14.9. The van der Waals surface area contributed by atoms with Crippen LogP contribution in [0.15, 0.2) is 0 Å². The number of unbranched alkanes of at least 4 members (excludes halogenated alkanes) is 2. The van der Waals surface area contributed by atoms with Crippen LogP contribution >= 0.6 is 0 Å². The highest BCUT2D eigenvalue weighted by atomic mass is 16.4. The molecule has 1 aliphatic rings. The molecule has 0 heterocycles. The summed E-state index contributed by atoms with van der Waals surface area (Å²) in [6.45, 7) is 2.77. The van der Waals surface area contributed by atoms with Crippen LogP contribution in [0.2, 0.25) is 0 Å². The zero-order valence-electron chi connectivity index (χ0n) is 11.8. The summed E-state index contributed by atoms with van der Waals surface area (Å²) in [5.74, 6) is -1.23. The molecule has 0 aliphatic heterocycles. The van der Waals surface area contributed by atoms with Crippen molar-refractivity contribution < 1.29 is 14.7 Å². The van der Waals surface area contributed by atoms with Gasteiger partial charge in [-0.1, -0.05) is 39.0 Å². The van der Waals surface area contributed by atoms with Crippen LogP contribution in [0.5, 0.6) is 0 Å². The molecular weight excluding hydrogens is 244 g/mol. The number of hydrogen-bond donors (Lipinski definition) is 3. The van der Waals surface area contributed by atoms with Crippen LogP contribution in [0.25, 0.3) is 0 Å². The number of aliphatic carboxylic acids is 1. The van der Waals surface area contributed by atoms with Crippen molar-refractivity contribution in [1.82, 2.24) is 10.6 Å². The van der Waals surface area contributed by atoms with E-state index in [1.807, 2.05) is 0 Å². The van der Waals surface area contributed by atoms with Crippen molar-refractivity contribution in [3.8, 4) is 0 Å². The first kappa shape index (κ1) is 15.8. The zero-order chi connectivity index (χ0) is 14.1. The lowest BCUT2D eigenvalue weighted by molar-refractivity contribution is -0.142. The first-order valence-corrected chi connectivity index (χ1v) is 7.42. The van der Waals surface area contributed by atoms with E-state index >= 15 is 0 Å². The van der Waals surface area contributed by atoms with E-state index in [0.29, 0.717) is 13.0 Å². The molecule has 2 unspecified atom stereocenters. The summed E-state index contributed by atoms with van der Waals surface area (Å²) in [6, 6.07) is -0.458. The van der Waals surface area contributed by atoms with Crippen molar-refractivity contribution in [1.29, 1.82) is 0 Å². The molecule has 1 fully saturated rings. The quantitative estimate of drug-likeness (QED) is 0.512. The van der Waals surface area contributed by atoms with Gasteiger partial charge in [0.15, 0.2) is 0 Å². The summed E-state index contributed by atoms with van der Waals surface area (Å²) >= 11 is 0. The molecule has 0 aromatic rings. The molecule has 2 amide bonds. The van der Waals surface area contributed by atoms with Crippen LogP contribution in [-0.2, 0) is 4.79 Å². The third-order valence-corrected chi connectivity index (χ3v) is 3.72. The molecule has 1 saturated carbocycles. The highest BCUT2D eigenvalue weighted by Gasteiger charge is 2.30. The van der Waals surface area contributed by atoms with E-state index in [9.17, 15) is 14.7 Å². The second-order valence-corrected chi connectivity index (χ2v) is 5.30. The first-order valence-electron chi connectivity index (χ1n) is 7.42. The van der Waals surface area contributed by atoms with Gasteiger partial charge in [0.2, 0.25) is 0 Å². The van der Waals surface area contributed by atoms with Crippen LogP contribution in [0.4, 0.5) is 4.79 Å². The Morgan fingerprint density at radius 1 is 1.16 bits per heavy atom. The second kappa shape index (κ2) is 8.77. The number of urea groups is 1. The first-order chi connectivity index (χ1) is 9.15. The Bertz CT molecular complexity index is 294. The van der Waals surface area contributed by atoms with Gasteiger partial charge < -0.3 is 15.7 Å². The van der Waals surface area contributed by atoms with E-state index in [0.717, 1.165) is 44.9 Å². The normalized spacial score (nSPS) is 23.4. The predicted octanol–water partition coefficient (Wildman–Crippen LogP) is 2.51. The van der Waals surface area contributed by atoms with Gasteiger partial charge in [-0.15, -0.1) is 0 Å². The third-order valence-electron chi connectivity index (χ3n) is 3.72. The zero-order valence-corrected chi connectivity index (χ0v) is 11.8. The van der Waals surface area contributed by atoms with Crippen molar-refractivity contribution in [3.63, 3.8) is 0 Å². The van der Waals surface area contributed by atoms with E-state index in [2.05, 4.69) is 17.6 Å². The van der Waals surface area contributed by atoms with Gasteiger partial charge in [0.1, 0.15) is 0 Å². The fourth-order valence-corrected chi connectivity index (χ4v) is 2.57. The smallest absolute Gasteiger partial charge is 0.315 e. The fraction of sp³-hybridized carbons (Fsp3) is 0.857. The molecule has 0 aromatic carbocycles. The summed E-state index contributed by atoms with van der Waals surface area (Å²) in [5.41, 5.74) is 0.